The molecule has 1 aliphatic rings. The van der Waals surface area contributed by atoms with Crippen molar-refractivity contribution < 1.29 is 4.42 Å². The molecule has 12 rings (SSSR count). The Bertz CT molecular complexity index is 3540. The van der Waals surface area contributed by atoms with Crippen molar-refractivity contribution in [2.75, 3.05) is 0 Å². The van der Waals surface area contributed by atoms with Crippen molar-refractivity contribution in [1.82, 2.24) is 19.5 Å². The predicted octanol–water partition coefficient (Wildman–Crippen LogP) is 14.8. The Kier molecular flexibility index (Phi) is 8.56. The molecule has 62 heavy (non-hydrogen) atoms. The molecular formula is C57H38N4O. The molecule has 1 aliphatic carbocycles. The molecule has 0 radical (unpaired) electrons. The van der Waals surface area contributed by atoms with E-state index in [-0.39, 0.29) is 0 Å². The zero-order chi connectivity index (χ0) is 41.0. The number of fused-ring (bicyclic) bond motifs is 6. The molecule has 3 aromatic heterocycles. The van der Waals surface area contributed by atoms with Gasteiger partial charge in [0.2, 0.25) is 0 Å². The summed E-state index contributed by atoms with van der Waals surface area (Å²) in [5.41, 5.74) is 13.7. The van der Waals surface area contributed by atoms with Crippen LogP contribution in [0.2, 0.25) is 0 Å². The minimum Gasteiger partial charge on any atom is -0.456 e. The summed E-state index contributed by atoms with van der Waals surface area (Å²) in [5, 5.41) is 4.56. The fourth-order valence-electron chi connectivity index (χ4n) is 9.28. The number of para-hydroxylation sites is 2. The number of furan rings is 1. The Morgan fingerprint density at radius 3 is 1.85 bits per heavy atom. The van der Waals surface area contributed by atoms with E-state index >= 15 is 0 Å². The molecule has 0 N–H and O–H groups in total. The van der Waals surface area contributed by atoms with Gasteiger partial charge in [-0.3, -0.25) is 0 Å². The minimum absolute atomic E-state index is 0.370. The number of hydrogen-bond donors (Lipinski definition) is 0. The molecule has 0 fully saturated rings. The maximum Gasteiger partial charge on any atom is 0.164 e. The van der Waals surface area contributed by atoms with Crippen molar-refractivity contribution in [2.45, 2.75) is 12.3 Å². The first-order valence-electron chi connectivity index (χ1n) is 21.1. The third-order valence-corrected chi connectivity index (χ3v) is 12.2. The van der Waals surface area contributed by atoms with Gasteiger partial charge in [-0.2, -0.15) is 0 Å². The first kappa shape index (κ1) is 35.8. The molecule has 8 aromatic carbocycles. The van der Waals surface area contributed by atoms with Crippen molar-refractivity contribution in [2.24, 2.45) is 0 Å². The van der Waals surface area contributed by atoms with E-state index in [0.29, 0.717) is 23.4 Å². The molecular weight excluding hydrogens is 757 g/mol. The summed E-state index contributed by atoms with van der Waals surface area (Å²) in [6.07, 6.45) is 9.71. The van der Waals surface area contributed by atoms with Crippen LogP contribution in [0.4, 0.5) is 0 Å². The van der Waals surface area contributed by atoms with E-state index in [0.717, 1.165) is 72.9 Å². The third kappa shape index (κ3) is 6.05. The molecule has 5 nitrogen and oxygen atoms in total. The Morgan fingerprint density at radius 2 is 1.06 bits per heavy atom. The third-order valence-electron chi connectivity index (χ3n) is 12.2. The number of nitrogens with zero attached hydrogens (tertiary/aromatic N) is 4. The van der Waals surface area contributed by atoms with Gasteiger partial charge in [-0.25, -0.2) is 15.0 Å². The molecule has 5 heteroatoms. The van der Waals surface area contributed by atoms with Crippen LogP contribution >= 0.6 is 0 Å². The lowest BCUT2D eigenvalue weighted by molar-refractivity contribution is 0.669. The van der Waals surface area contributed by atoms with Crippen LogP contribution in [-0.2, 0) is 0 Å². The average molecular weight is 795 g/mol. The van der Waals surface area contributed by atoms with E-state index in [1.807, 2.05) is 30.3 Å². The lowest BCUT2D eigenvalue weighted by Crippen LogP contribution is -2.01. The second-order valence-electron chi connectivity index (χ2n) is 15.9. The molecule has 0 saturated carbocycles. The van der Waals surface area contributed by atoms with Crippen molar-refractivity contribution in [3.05, 3.63) is 218 Å². The fraction of sp³-hybridized carbons (Fsp3) is 0.0351. The highest BCUT2D eigenvalue weighted by atomic mass is 16.3. The first-order valence-corrected chi connectivity index (χ1v) is 21.1. The maximum atomic E-state index is 6.72. The maximum absolute atomic E-state index is 6.72. The highest BCUT2D eigenvalue weighted by molar-refractivity contribution is 6.17. The number of hydrogen-bond acceptors (Lipinski definition) is 4. The fourth-order valence-corrected chi connectivity index (χ4v) is 9.28. The molecule has 0 amide bonds. The molecule has 0 bridgehead atoms. The molecule has 3 heterocycles. The first-order chi connectivity index (χ1) is 30.7. The van der Waals surface area contributed by atoms with Gasteiger partial charge in [-0.1, -0.05) is 176 Å². The van der Waals surface area contributed by atoms with Crippen LogP contribution in [0.3, 0.4) is 0 Å². The Hall–Kier alpha value is -8.15. The largest absolute Gasteiger partial charge is 0.456 e. The summed E-state index contributed by atoms with van der Waals surface area (Å²) in [5.74, 6) is 2.21. The molecule has 11 aromatic rings. The van der Waals surface area contributed by atoms with Gasteiger partial charge in [0.25, 0.3) is 0 Å². The molecule has 1 atom stereocenters. The van der Waals surface area contributed by atoms with Crippen LogP contribution in [0, 0.1) is 0 Å². The topological polar surface area (TPSA) is 56.7 Å². The van der Waals surface area contributed by atoms with Gasteiger partial charge in [0.05, 0.1) is 16.7 Å². The quantitative estimate of drug-likeness (QED) is 0.161. The van der Waals surface area contributed by atoms with Crippen molar-refractivity contribution in [1.29, 1.82) is 0 Å². The molecule has 0 aliphatic heterocycles. The van der Waals surface area contributed by atoms with Gasteiger partial charge in [-0.15, -0.1) is 0 Å². The van der Waals surface area contributed by atoms with Crippen molar-refractivity contribution in [3.8, 4) is 62.1 Å². The predicted molar refractivity (Wildman–Crippen MR) is 254 cm³/mol. The summed E-state index contributed by atoms with van der Waals surface area (Å²) in [6, 6.07) is 66.2. The summed E-state index contributed by atoms with van der Waals surface area (Å²) >= 11 is 0. The lowest BCUT2D eigenvalue weighted by atomic mass is 9.92. The lowest BCUT2D eigenvalue weighted by Gasteiger charge is -2.15. The second-order valence-corrected chi connectivity index (χ2v) is 15.9. The van der Waals surface area contributed by atoms with Crippen molar-refractivity contribution >= 4 is 43.7 Å². The van der Waals surface area contributed by atoms with E-state index in [1.165, 1.54) is 27.5 Å². The average Bonchev–Trinajstić information content (AvgIpc) is 3.90. The van der Waals surface area contributed by atoms with Crippen molar-refractivity contribution in [3.63, 3.8) is 0 Å². The van der Waals surface area contributed by atoms with Crippen LogP contribution in [0.1, 0.15) is 17.9 Å². The van der Waals surface area contributed by atoms with Crippen LogP contribution < -0.4 is 0 Å². The van der Waals surface area contributed by atoms with E-state index in [2.05, 4.69) is 187 Å². The number of rotatable bonds is 7. The van der Waals surface area contributed by atoms with Gasteiger partial charge in [-0.05, 0) is 65.1 Å². The van der Waals surface area contributed by atoms with E-state index in [1.54, 1.807) is 0 Å². The zero-order valence-electron chi connectivity index (χ0n) is 33.7. The van der Waals surface area contributed by atoms with E-state index in [9.17, 15) is 0 Å². The minimum atomic E-state index is 0.370. The highest BCUT2D eigenvalue weighted by Crippen LogP contribution is 2.44. The van der Waals surface area contributed by atoms with Gasteiger partial charge in [0.15, 0.2) is 17.5 Å². The molecule has 1 unspecified atom stereocenters. The molecule has 0 spiro atoms. The zero-order valence-corrected chi connectivity index (χ0v) is 33.7. The number of benzene rings is 8. The summed E-state index contributed by atoms with van der Waals surface area (Å²) in [4.78, 5) is 15.1. The van der Waals surface area contributed by atoms with Gasteiger partial charge < -0.3 is 8.98 Å². The summed E-state index contributed by atoms with van der Waals surface area (Å²) < 4.78 is 9.15. The number of aromatic nitrogens is 4. The second kappa shape index (κ2) is 14.8. The van der Waals surface area contributed by atoms with Gasteiger partial charge >= 0.3 is 0 Å². The Morgan fingerprint density at radius 1 is 0.435 bits per heavy atom. The number of allylic oxidation sites excluding steroid dienone is 4. The van der Waals surface area contributed by atoms with Crippen LogP contribution in [0.5, 0.6) is 0 Å². The highest BCUT2D eigenvalue weighted by Gasteiger charge is 2.21. The molecule has 292 valence electrons. The summed E-state index contributed by atoms with van der Waals surface area (Å²) in [7, 11) is 0. The monoisotopic (exact) mass is 794 g/mol. The Balaban J connectivity index is 0.992. The Labute approximate surface area is 358 Å². The smallest absolute Gasteiger partial charge is 0.164 e. The van der Waals surface area contributed by atoms with E-state index < -0.39 is 0 Å². The van der Waals surface area contributed by atoms with Crippen LogP contribution in [0.25, 0.3) is 106 Å². The van der Waals surface area contributed by atoms with E-state index in [4.69, 9.17) is 19.4 Å². The van der Waals surface area contributed by atoms with Gasteiger partial charge in [0, 0.05) is 49.7 Å². The normalized spacial score (nSPS) is 13.8. The van der Waals surface area contributed by atoms with Gasteiger partial charge in [0.1, 0.15) is 11.2 Å². The van der Waals surface area contributed by atoms with Crippen LogP contribution in [-0.4, -0.2) is 19.5 Å². The van der Waals surface area contributed by atoms with Crippen LogP contribution in [0.15, 0.2) is 217 Å². The standard InChI is InChI=1S/C57H38N4O/c1-4-16-37(17-5-1)38-30-32-41(33-31-38)56-58-55(40-20-8-3-9-21-40)59-57(60-56)42-34-35-47-52(36-42)62-51-29-15-25-45(54(47)51)44-22-10-12-26-48(44)61-49-27-13-11-23-46(49)53-43(24-14-28-50(53)61)39-18-6-2-7-19-39/h1-16,18-37H,17H2. The summed E-state index contributed by atoms with van der Waals surface area (Å²) in [6.45, 7) is 0. The molecule has 0 saturated heterocycles. The SMILES string of the molecule is C1=CCC(c2ccc(-c3nc(-c4ccccc4)nc(-c4ccc5c(c4)oc4cccc(-c6ccccc6-n6c7ccccc7c7c(-c8ccccc8)cccc76)c45)n3)cc2)C=C1.